The highest BCUT2D eigenvalue weighted by atomic mass is 32.1. The van der Waals surface area contributed by atoms with Gasteiger partial charge in [-0.05, 0) is 49.2 Å². The molecule has 0 saturated carbocycles. The summed E-state index contributed by atoms with van der Waals surface area (Å²) in [7, 11) is 1.89. The number of nitrogens with one attached hydrogen (secondary N) is 1. The lowest BCUT2D eigenvalue weighted by Gasteiger charge is -2.16. The van der Waals surface area contributed by atoms with E-state index in [1.807, 2.05) is 17.3 Å². The molecule has 0 unspecified atom stereocenters. The summed E-state index contributed by atoms with van der Waals surface area (Å²) in [6, 6.07) is 7.97. The Hall–Kier alpha value is -1.72. The van der Waals surface area contributed by atoms with Crippen LogP contribution in [0.1, 0.15) is 10.4 Å². The average molecular weight is 292 g/mol. The largest absolute Gasteiger partial charge is 0.325 e. The van der Waals surface area contributed by atoms with Gasteiger partial charge in [-0.15, -0.1) is 11.3 Å². The third-order valence-corrected chi connectivity index (χ3v) is 3.91. The molecule has 0 aliphatic heterocycles. The van der Waals surface area contributed by atoms with Crippen molar-refractivity contribution in [2.24, 2.45) is 0 Å². The van der Waals surface area contributed by atoms with Gasteiger partial charge in [0, 0.05) is 17.1 Å². The SMILES string of the molecule is Cc1ccsc1CN(C)CC(=O)Nc1cccc(F)c1. The van der Waals surface area contributed by atoms with Crippen LogP contribution in [0, 0.1) is 12.7 Å². The zero-order chi connectivity index (χ0) is 14.5. The summed E-state index contributed by atoms with van der Waals surface area (Å²) in [5, 5.41) is 4.74. The molecule has 5 heteroatoms. The van der Waals surface area contributed by atoms with E-state index in [0.29, 0.717) is 5.69 Å². The van der Waals surface area contributed by atoms with Crippen LogP contribution in [0.2, 0.25) is 0 Å². The molecule has 1 aromatic heterocycles. The second kappa shape index (κ2) is 6.63. The summed E-state index contributed by atoms with van der Waals surface area (Å²) in [6.45, 7) is 3.07. The Labute approximate surface area is 122 Å². The van der Waals surface area contributed by atoms with Crippen molar-refractivity contribution >= 4 is 22.9 Å². The Kier molecular flexibility index (Phi) is 4.87. The number of carbonyl (C=O) groups is 1. The van der Waals surface area contributed by atoms with Gasteiger partial charge in [-0.1, -0.05) is 6.07 Å². The van der Waals surface area contributed by atoms with Crippen LogP contribution in [-0.2, 0) is 11.3 Å². The molecule has 1 amide bonds. The number of likely N-dealkylation sites (N-methyl/N-ethyl adjacent to an activating group) is 1. The standard InChI is InChI=1S/C15H17FN2OS/c1-11-6-7-20-14(11)9-18(2)10-15(19)17-13-5-3-4-12(16)8-13/h3-8H,9-10H2,1-2H3,(H,17,19). The number of amides is 1. The molecule has 0 aliphatic carbocycles. The van der Waals surface area contributed by atoms with Crippen LogP contribution in [0.5, 0.6) is 0 Å². The quantitative estimate of drug-likeness (QED) is 0.917. The monoisotopic (exact) mass is 292 g/mol. The molecule has 1 aromatic carbocycles. The van der Waals surface area contributed by atoms with Gasteiger partial charge >= 0.3 is 0 Å². The number of thiophene rings is 1. The lowest BCUT2D eigenvalue weighted by molar-refractivity contribution is -0.117. The first-order valence-electron chi connectivity index (χ1n) is 6.31. The Morgan fingerprint density at radius 2 is 2.20 bits per heavy atom. The van der Waals surface area contributed by atoms with E-state index >= 15 is 0 Å². The molecule has 0 radical (unpaired) electrons. The van der Waals surface area contributed by atoms with Crippen molar-refractivity contribution in [2.75, 3.05) is 18.9 Å². The number of aryl methyl sites for hydroxylation is 1. The summed E-state index contributed by atoms with van der Waals surface area (Å²) in [5.74, 6) is -0.502. The minimum Gasteiger partial charge on any atom is -0.325 e. The van der Waals surface area contributed by atoms with Crippen molar-refractivity contribution in [1.82, 2.24) is 4.90 Å². The van der Waals surface area contributed by atoms with E-state index in [1.165, 1.54) is 22.6 Å². The topological polar surface area (TPSA) is 32.3 Å². The van der Waals surface area contributed by atoms with Gasteiger partial charge in [-0.25, -0.2) is 4.39 Å². The fraction of sp³-hybridized carbons (Fsp3) is 0.267. The van der Waals surface area contributed by atoms with E-state index in [9.17, 15) is 9.18 Å². The first-order valence-corrected chi connectivity index (χ1v) is 7.19. The van der Waals surface area contributed by atoms with Crippen LogP contribution in [0.3, 0.4) is 0 Å². The van der Waals surface area contributed by atoms with Gasteiger partial charge in [0.05, 0.1) is 6.54 Å². The van der Waals surface area contributed by atoms with Crippen molar-refractivity contribution in [3.63, 3.8) is 0 Å². The minimum absolute atomic E-state index is 0.146. The van der Waals surface area contributed by atoms with E-state index in [4.69, 9.17) is 0 Å². The molecule has 106 valence electrons. The normalized spacial score (nSPS) is 10.8. The maximum atomic E-state index is 13.0. The van der Waals surface area contributed by atoms with Gasteiger partial charge in [0.15, 0.2) is 0 Å². The Morgan fingerprint density at radius 1 is 1.40 bits per heavy atom. The van der Waals surface area contributed by atoms with Gasteiger partial charge in [0.2, 0.25) is 5.91 Å². The molecule has 1 heterocycles. The maximum absolute atomic E-state index is 13.0. The summed E-state index contributed by atoms with van der Waals surface area (Å²) in [5.41, 5.74) is 1.73. The number of carbonyl (C=O) groups excluding carboxylic acids is 1. The number of benzene rings is 1. The third-order valence-electron chi connectivity index (χ3n) is 2.90. The Balaban J connectivity index is 1.86. The third kappa shape index (κ3) is 4.15. The fourth-order valence-electron chi connectivity index (χ4n) is 1.88. The minimum atomic E-state index is -0.356. The average Bonchev–Trinajstić information content (AvgIpc) is 2.74. The predicted molar refractivity (Wildman–Crippen MR) is 80.4 cm³/mol. The Bertz CT molecular complexity index is 597. The maximum Gasteiger partial charge on any atom is 0.238 e. The van der Waals surface area contributed by atoms with Gasteiger partial charge in [0.25, 0.3) is 0 Å². The van der Waals surface area contributed by atoms with E-state index in [-0.39, 0.29) is 18.3 Å². The van der Waals surface area contributed by atoms with Crippen LogP contribution < -0.4 is 5.32 Å². The van der Waals surface area contributed by atoms with Crippen molar-refractivity contribution in [1.29, 1.82) is 0 Å². The lowest BCUT2D eigenvalue weighted by Crippen LogP contribution is -2.29. The summed E-state index contributed by atoms with van der Waals surface area (Å²) < 4.78 is 13.0. The van der Waals surface area contributed by atoms with Gasteiger partial charge in [-0.2, -0.15) is 0 Å². The Morgan fingerprint density at radius 3 is 2.85 bits per heavy atom. The van der Waals surface area contributed by atoms with Gasteiger partial charge in [-0.3, -0.25) is 9.69 Å². The summed E-state index contributed by atoms with van der Waals surface area (Å²) in [4.78, 5) is 15.1. The second-order valence-corrected chi connectivity index (χ2v) is 5.76. The number of hydrogen-bond acceptors (Lipinski definition) is 3. The first kappa shape index (κ1) is 14.7. The number of hydrogen-bond donors (Lipinski definition) is 1. The molecule has 0 bridgehead atoms. The predicted octanol–water partition coefficient (Wildman–Crippen LogP) is 3.27. The van der Waals surface area contributed by atoms with Crippen LogP contribution >= 0.6 is 11.3 Å². The molecule has 0 saturated heterocycles. The highest BCUT2D eigenvalue weighted by Gasteiger charge is 2.09. The molecular weight excluding hydrogens is 275 g/mol. The fourth-order valence-corrected chi connectivity index (χ4v) is 2.86. The zero-order valence-corrected chi connectivity index (χ0v) is 12.3. The van der Waals surface area contributed by atoms with Crippen LogP contribution in [0.15, 0.2) is 35.7 Å². The van der Waals surface area contributed by atoms with Crippen molar-refractivity contribution in [2.45, 2.75) is 13.5 Å². The molecule has 0 aliphatic rings. The second-order valence-electron chi connectivity index (χ2n) is 4.76. The molecule has 2 aromatic rings. The number of rotatable bonds is 5. The molecule has 20 heavy (non-hydrogen) atoms. The van der Waals surface area contributed by atoms with Crippen molar-refractivity contribution in [3.8, 4) is 0 Å². The summed E-state index contributed by atoms with van der Waals surface area (Å²) >= 11 is 1.69. The van der Waals surface area contributed by atoms with Crippen LogP contribution in [0.4, 0.5) is 10.1 Å². The number of halogens is 1. The molecule has 2 rings (SSSR count). The van der Waals surface area contributed by atoms with Crippen LogP contribution in [-0.4, -0.2) is 24.4 Å². The zero-order valence-electron chi connectivity index (χ0n) is 11.5. The van der Waals surface area contributed by atoms with Crippen molar-refractivity contribution < 1.29 is 9.18 Å². The molecule has 0 fully saturated rings. The van der Waals surface area contributed by atoms with Crippen molar-refractivity contribution in [3.05, 3.63) is 52.0 Å². The van der Waals surface area contributed by atoms with E-state index < -0.39 is 0 Å². The highest BCUT2D eigenvalue weighted by Crippen LogP contribution is 2.17. The highest BCUT2D eigenvalue weighted by molar-refractivity contribution is 7.10. The molecule has 0 spiro atoms. The van der Waals surface area contributed by atoms with E-state index in [0.717, 1.165) is 6.54 Å². The number of anilines is 1. The molecule has 3 nitrogen and oxygen atoms in total. The molecule has 0 atom stereocenters. The van der Waals surface area contributed by atoms with Gasteiger partial charge in [0.1, 0.15) is 5.82 Å². The van der Waals surface area contributed by atoms with Crippen LogP contribution in [0.25, 0.3) is 0 Å². The molecular formula is C15H17FN2OS. The van der Waals surface area contributed by atoms with Gasteiger partial charge < -0.3 is 5.32 Å². The number of nitrogens with zero attached hydrogens (tertiary/aromatic N) is 1. The van der Waals surface area contributed by atoms with E-state index in [1.54, 1.807) is 23.5 Å². The summed E-state index contributed by atoms with van der Waals surface area (Å²) in [6.07, 6.45) is 0. The molecule has 1 N–H and O–H groups in total. The van der Waals surface area contributed by atoms with E-state index in [2.05, 4.69) is 18.3 Å². The lowest BCUT2D eigenvalue weighted by atomic mass is 10.3. The smallest absolute Gasteiger partial charge is 0.238 e. The first-order chi connectivity index (χ1) is 9.54.